The molecule has 0 fully saturated rings. The van der Waals surface area contributed by atoms with Crippen molar-refractivity contribution in [3.05, 3.63) is 33.2 Å². The van der Waals surface area contributed by atoms with E-state index in [9.17, 15) is 10.1 Å². The van der Waals surface area contributed by atoms with Gasteiger partial charge >= 0.3 is 0 Å². The number of anilines is 1. The molecule has 0 spiro atoms. The lowest BCUT2D eigenvalue weighted by atomic mass is 10.1. The van der Waals surface area contributed by atoms with Crippen LogP contribution < -0.4 is 5.73 Å². The SMILES string of the molecule is Cc1c([N+](=O)[O-])cc(N)c2ccsc12. The van der Waals surface area contributed by atoms with Crippen molar-refractivity contribution in [1.29, 1.82) is 0 Å². The number of nitro benzene ring substituents is 1. The zero-order chi connectivity index (χ0) is 10.3. The first-order valence-electron chi connectivity index (χ1n) is 4.02. The first-order valence-corrected chi connectivity index (χ1v) is 4.90. The maximum atomic E-state index is 10.7. The molecule has 0 unspecified atom stereocenters. The molecule has 0 bridgehead atoms. The van der Waals surface area contributed by atoms with Crippen molar-refractivity contribution in [3.63, 3.8) is 0 Å². The minimum Gasteiger partial charge on any atom is -0.398 e. The molecule has 0 aliphatic rings. The third-order valence-corrected chi connectivity index (χ3v) is 3.22. The third kappa shape index (κ3) is 1.13. The summed E-state index contributed by atoms with van der Waals surface area (Å²) in [4.78, 5) is 10.3. The summed E-state index contributed by atoms with van der Waals surface area (Å²) in [7, 11) is 0. The van der Waals surface area contributed by atoms with Gasteiger partial charge in [0.2, 0.25) is 0 Å². The summed E-state index contributed by atoms with van der Waals surface area (Å²) in [5.74, 6) is 0. The Labute approximate surface area is 84.1 Å². The monoisotopic (exact) mass is 208 g/mol. The fourth-order valence-corrected chi connectivity index (χ4v) is 2.40. The van der Waals surface area contributed by atoms with Crippen molar-refractivity contribution in [1.82, 2.24) is 0 Å². The van der Waals surface area contributed by atoms with Gasteiger partial charge in [0.1, 0.15) is 0 Å². The van der Waals surface area contributed by atoms with Gasteiger partial charge in [0.05, 0.1) is 4.92 Å². The first kappa shape index (κ1) is 8.96. The quantitative estimate of drug-likeness (QED) is 0.445. The Morgan fingerprint density at radius 2 is 2.29 bits per heavy atom. The van der Waals surface area contributed by atoms with E-state index in [0.29, 0.717) is 11.3 Å². The number of aryl methyl sites for hydroxylation is 1. The van der Waals surface area contributed by atoms with Crippen LogP contribution in [0.15, 0.2) is 17.5 Å². The smallest absolute Gasteiger partial charge is 0.275 e. The number of nitrogens with zero attached hydrogens (tertiary/aromatic N) is 1. The zero-order valence-corrected chi connectivity index (χ0v) is 8.30. The maximum Gasteiger partial charge on any atom is 0.275 e. The number of nitrogen functional groups attached to an aromatic ring is 1. The van der Waals surface area contributed by atoms with Crippen LogP contribution in [0.25, 0.3) is 10.1 Å². The van der Waals surface area contributed by atoms with Crippen LogP contribution in [0.4, 0.5) is 11.4 Å². The van der Waals surface area contributed by atoms with Gasteiger partial charge in [-0.15, -0.1) is 11.3 Å². The highest BCUT2D eigenvalue weighted by atomic mass is 32.1. The molecule has 2 aromatic rings. The topological polar surface area (TPSA) is 69.2 Å². The van der Waals surface area contributed by atoms with E-state index in [1.807, 2.05) is 11.4 Å². The van der Waals surface area contributed by atoms with Gasteiger partial charge in [-0.1, -0.05) is 0 Å². The Balaban J connectivity index is 2.88. The molecule has 4 nitrogen and oxygen atoms in total. The average molecular weight is 208 g/mol. The van der Waals surface area contributed by atoms with E-state index in [1.54, 1.807) is 6.92 Å². The van der Waals surface area contributed by atoms with Gasteiger partial charge in [0.25, 0.3) is 5.69 Å². The fourth-order valence-electron chi connectivity index (χ4n) is 1.47. The standard InChI is InChI=1S/C9H8N2O2S/c1-5-8(11(12)13)4-7(10)6-2-3-14-9(5)6/h2-4H,10H2,1H3. The molecule has 0 aliphatic heterocycles. The second-order valence-corrected chi connectivity index (χ2v) is 3.95. The molecule has 2 N–H and O–H groups in total. The van der Waals surface area contributed by atoms with Crippen molar-refractivity contribution < 1.29 is 4.92 Å². The molecule has 72 valence electrons. The second-order valence-electron chi connectivity index (χ2n) is 3.03. The zero-order valence-electron chi connectivity index (χ0n) is 7.48. The average Bonchev–Trinajstić information content (AvgIpc) is 2.59. The Hall–Kier alpha value is -1.62. The summed E-state index contributed by atoms with van der Waals surface area (Å²) in [5.41, 5.74) is 6.97. The lowest BCUT2D eigenvalue weighted by Gasteiger charge is -2.01. The van der Waals surface area contributed by atoms with Crippen molar-refractivity contribution in [2.75, 3.05) is 5.73 Å². The molecular formula is C9H8N2O2S. The highest BCUT2D eigenvalue weighted by Crippen LogP contribution is 2.35. The molecule has 0 saturated carbocycles. The minimum atomic E-state index is -0.398. The molecule has 1 aromatic heterocycles. The van der Waals surface area contributed by atoms with Crippen LogP contribution in [-0.2, 0) is 0 Å². The van der Waals surface area contributed by atoms with E-state index in [2.05, 4.69) is 0 Å². The van der Waals surface area contributed by atoms with Crippen LogP contribution in [0.3, 0.4) is 0 Å². The van der Waals surface area contributed by atoms with Crippen molar-refractivity contribution >= 4 is 32.8 Å². The number of thiophene rings is 1. The van der Waals surface area contributed by atoms with E-state index < -0.39 is 4.92 Å². The Morgan fingerprint density at radius 1 is 1.57 bits per heavy atom. The van der Waals surface area contributed by atoms with Crippen LogP contribution >= 0.6 is 11.3 Å². The summed E-state index contributed by atoms with van der Waals surface area (Å²) in [6.07, 6.45) is 0. The van der Waals surface area contributed by atoms with E-state index in [0.717, 1.165) is 10.1 Å². The summed E-state index contributed by atoms with van der Waals surface area (Å²) < 4.78 is 0.900. The van der Waals surface area contributed by atoms with Crippen LogP contribution in [0, 0.1) is 17.0 Å². The van der Waals surface area contributed by atoms with Crippen LogP contribution in [0.2, 0.25) is 0 Å². The summed E-state index contributed by atoms with van der Waals surface area (Å²) in [6, 6.07) is 3.30. The van der Waals surface area contributed by atoms with Gasteiger partial charge in [0, 0.05) is 27.4 Å². The van der Waals surface area contributed by atoms with Gasteiger partial charge < -0.3 is 5.73 Å². The molecule has 0 amide bonds. The van der Waals surface area contributed by atoms with E-state index in [-0.39, 0.29) is 5.69 Å². The predicted molar refractivity (Wildman–Crippen MR) is 57.6 cm³/mol. The molecule has 1 heterocycles. The van der Waals surface area contributed by atoms with Gasteiger partial charge in [-0.05, 0) is 18.4 Å². The fraction of sp³-hybridized carbons (Fsp3) is 0.111. The largest absolute Gasteiger partial charge is 0.398 e. The van der Waals surface area contributed by atoms with E-state index >= 15 is 0 Å². The van der Waals surface area contributed by atoms with Crippen molar-refractivity contribution in [2.45, 2.75) is 6.92 Å². The van der Waals surface area contributed by atoms with Crippen molar-refractivity contribution in [2.24, 2.45) is 0 Å². The van der Waals surface area contributed by atoms with Crippen LogP contribution in [0.1, 0.15) is 5.56 Å². The third-order valence-electron chi connectivity index (χ3n) is 2.19. The normalized spacial score (nSPS) is 10.6. The lowest BCUT2D eigenvalue weighted by Crippen LogP contribution is -1.94. The number of rotatable bonds is 1. The van der Waals surface area contributed by atoms with E-state index in [1.165, 1.54) is 17.4 Å². The molecule has 2 rings (SSSR count). The summed E-state index contributed by atoms with van der Waals surface area (Å²) >= 11 is 1.48. The number of nitrogens with two attached hydrogens (primary N) is 1. The highest BCUT2D eigenvalue weighted by Gasteiger charge is 2.16. The molecule has 5 heteroatoms. The number of nitro groups is 1. The molecule has 1 aromatic carbocycles. The van der Waals surface area contributed by atoms with E-state index in [4.69, 9.17) is 5.73 Å². The van der Waals surface area contributed by atoms with Gasteiger partial charge in [0.15, 0.2) is 0 Å². The number of hydrogen-bond acceptors (Lipinski definition) is 4. The highest BCUT2D eigenvalue weighted by molar-refractivity contribution is 7.17. The predicted octanol–water partition coefficient (Wildman–Crippen LogP) is 2.70. The number of hydrogen-bond donors (Lipinski definition) is 1. The molecule has 14 heavy (non-hydrogen) atoms. The second kappa shape index (κ2) is 2.95. The molecule has 0 atom stereocenters. The Bertz CT molecular complexity index is 519. The van der Waals surface area contributed by atoms with Gasteiger partial charge in [-0.25, -0.2) is 0 Å². The molecular weight excluding hydrogens is 200 g/mol. The number of benzene rings is 1. The van der Waals surface area contributed by atoms with Crippen molar-refractivity contribution in [3.8, 4) is 0 Å². The molecule has 0 saturated heterocycles. The van der Waals surface area contributed by atoms with Gasteiger partial charge in [-0.3, -0.25) is 10.1 Å². The maximum absolute atomic E-state index is 10.7. The summed E-state index contributed by atoms with van der Waals surface area (Å²) in [6.45, 7) is 1.75. The van der Waals surface area contributed by atoms with Gasteiger partial charge in [-0.2, -0.15) is 0 Å². The first-order chi connectivity index (χ1) is 6.61. The Kier molecular flexibility index (Phi) is 1.89. The Morgan fingerprint density at radius 3 is 2.93 bits per heavy atom. The minimum absolute atomic E-state index is 0.0949. The molecule has 0 radical (unpaired) electrons. The van der Waals surface area contributed by atoms with Crippen LogP contribution in [0.5, 0.6) is 0 Å². The molecule has 0 aliphatic carbocycles. The number of fused-ring (bicyclic) bond motifs is 1. The lowest BCUT2D eigenvalue weighted by molar-refractivity contribution is -0.385. The summed E-state index contributed by atoms with van der Waals surface area (Å²) in [5, 5.41) is 13.5. The van der Waals surface area contributed by atoms with Crippen LogP contribution in [-0.4, -0.2) is 4.92 Å².